The lowest BCUT2D eigenvalue weighted by atomic mass is 10.0. The van der Waals surface area contributed by atoms with Gasteiger partial charge in [0.1, 0.15) is 4.90 Å². The Bertz CT molecular complexity index is 1260. The molecule has 0 spiro atoms. The van der Waals surface area contributed by atoms with E-state index in [1.54, 1.807) is 18.2 Å². The number of hydrogen-bond donors (Lipinski definition) is 4. The summed E-state index contributed by atoms with van der Waals surface area (Å²) in [5.74, 6) is -0.840. The lowest BCUT2D eigenvalue weighted by Gasteiger charge is -2.02. The van der Waals surface area contributed by atoms with Crippen molar-refractivity contribution < 1.29 is 27.9 Å². The molecule has 0 atom stereocenters. The molecule has 0 aliphatic rings. The molecule has 0 bridgehead atoms. The lowest BCUT2D eigenvalue weighted by molar-refractivity contribution is -0.386. The predicted molar refractivity (Wildman–Crippen MR) is 112 cm³/mol. The molecule has 0 amide bonds. The fourth-order valence-corrected chi connectivity index (χ4v) is 2.96. The second-order valence-electron chi connectivity index (χ2n) is 6.05. The molecule has 0 aliphatic heterocycles. The smallest absolute Gasteiger partial charge is 0.314 e. The Hall–Kier alpha value is -4.23. The molecule has 3 rings (SSSR count). The van der Waals surface area contributed by atoms with Gasteiger partial charge in [-0.05, 0) is 29.3 Å². The van der Waals surface area contributed by atoms with Crippen LogP contribution < -0.4 is 11.5 Å². The second-order valence-corrected chi connectivity index (χ2v) is 7.47. The number of benzene rings is 3. The first-order chi connectivity index (χ1) is 14.4. The van der Waals surface area contributed by atoms with Gasteiger partial charge < -0.3 is 16.6 Å². The minimum absolute atomic E-state index is 0.0833. The molecule has 162 valence electrons. The van der Waals surface area contributed by atoms with E-state index in [4.69, 9.17) is 21.1 Å². The van der Waals surface area contributed by atoms with E-state index in [1.807, 2.05) is 18.2 Å². The molecule has 0 radical (unpaired) electrons. The van der Waals surface area contributed by atoms with Gasteiger partial charge in [-0.1, -0.05) is 24.3 Å². The summed E-state index contributed by atoms with van der Waals surface area (Å²) in [6.07, 6.45) is 0. The van der Waals surface area contributed by atoms with Crippen LogP contribution in [0.1, 0.15) is 0 Å². The molecular formula is C18H16N4O8S. The van der Waals surface area contributed by atoms with Crippen LogP contribution in [0.25, 0.3) is 11.1 Å². The number of phenols is 1. The number of non-ortho nitro benzene ring substituents is 1. The van der Waals surface area contributed by atoms with Crippen molar-refractivity contribution in [2.75, 3.05) is 11.5 Å². The molecule has 3 aromatic carbocycles. The van der Waals surface area contributed by atoms with Gasteiger partial charge in [-0.3, -0.25) is 24.8 Å². The van der Waals surface area contributed by atoms with Gasteiger partial charge in [-0.2, -0.15) is 8.42 Å². The zero-order valence-electron chi connectivity index (χ0n) is 15.6. The molecule has 0 fully saturated rings. The Kier molecular flexibility index (Phi) is 6.74. The molecule has 0 saturated heterocycles. The topological polar surface area (TPSA) is 213 Å². The summed E-state index contributed by atoms with van der Waals surface area (Å²) in [7, 11) is -4.59. The number of nitrogens with zero attached hydrogens (tertiary/aromatic N) is 2. The molecule has 6 N–H and O–H groups in total. The zero-order valence-corrected chi connectivity index (χ0v) is 16.4. The first-order valence-corrected chi connectivity index (χ1v) is 9.69. The monoisotopic (exact) mass is 448 g/mol. The second kappa shape index (κ2) is 9.06. The van der Waals surface area contributed by atoms with Gasteiger partial charge in [-0.25, -0.2) is 0 Å². The largest absolute Gasteiger partial charge is 0.501 e. The van der Waals surface area contributed by atoms with Crippen LogP contribution in [0.3, 0.4) is 0 Å². The summed E-state index contributed by atoms with van der Waals surface area (Å²) < 4.78 is 30.0. The number of hydrogen-bond acceptors (Lipinski definition) is 9. The highest BCUT2D eigenvalue weighted by Crippen LogP contribution is 2.34. The van der Waals surface area contributed by atoms with Crippen LogP contribution in [0.2, 0.25) is 0 Å². The van der Waals surface area contributed by atoms with E-state index < -0.39 is 42.0 Å². The van der Waals surface area contributed by atoms with Crippen molar-refractivity contribution in [2.24, 2.45) is 0 Å². The number of phenolic OH excluding ortho intramolecular Hbond substituents is 1. The highest BCUT2D eigenvalue weighted by molar-refractivity contribution is 7.85. The van der Waals surface area contributed by atoms with Crippen molar-refractivity contribution in [2.45, 2.75) is 4.90 Å². The van der Waals surface area contributed by atoms with Gasteiger partial charge in [-0.15, -0.1) is 0 Å². The van der Waals surface area contributed by atoms with E-state index in [0.29, 0.717) is 11.8 Å². The quantitative estimate of drug-likeness (QED) is 0.150. The van der Waals surface area contributed by atoms with Gasteiger partial charge in [0.25, 0.3) is 15.8 Å². The summed E-state index contributed by atoms with van der Waals surface area (Å²) in [6, 6.07) is 15.0. The van der Waals surface area contributed by atoms with Gasteiger partial charge >= 0.3 is 5.69 Å². The van der Waals surface area contributed by atoms with Crippen LogP contribution in [0.5, 0.6) is 5.75 Å². The Morgan fingerprint density at radius 3 is 1.94 bits per heavy atom. The zero-order chi connectivity index (χ0) is 23.3. The maximum absolute atomic E-state index is 10.7. The minimum Gasteiger partial charge on any atom is -0.501 e. The third-order valence-electron chi connectivity index (χ3n) is 3.86. The number of nitro groups is 2. The summed E-state index contributed by atoms with van der Waals surface area (Å²) in [4.78, 5) is 18.8. The van der Waals surface area contributed by atoms with Crippen LogP contribution in [-0.2, 0) is 10.1 Å². The molecular weight excluding hydrogens is 432 g/mol. The molecule has 3 aromatic rings. The van der Waals surface area contributed by atoms with Crippen LogP contribution in [0, 0.1) is 20.2 Å². The van der Waals surface area contributed by atoms with Crippen LogP contribution >= 0.6 is 0 Å². The Labute approximate surface area is 175 Å². The lowest BCUT2D eigenvalue weighted by Crippen LogP contribution is -2.02. The van der Waals surface area contributed by atoms with E-state index in [-0.39, 0.29) is 5.69 Å². The van der Waals surface area contributed by atoms with Crippen molar-refractivity contribution in [1.29, 1.82) is 0 Å². The standard InChI is InChI=1S/C12H10N2O2.C6H6N2O6S/c13-11-5-1-3-9(7-11)10-4-2-6-12(8-10)14(15)16;7-4-1-3(15(12,13)14)2-5(6(4)9)8(10)11/h1-8H,13H2;1-2,9H,7H2,(H,12,13,14). The molecule has 12 nitrogen and oxygen atoms in total. The first kappa shape index (κ1) is 23.1. The Balaban J connectivity index is 0.000000221. The fraction of sp³-hybridized carbons (Fsp3) is 0. The molecule has 13 heteroatoms. The highest BCUT2D eigenvalue weighted by atomic mass is 32.2. The van der Waals surface area contributed by atoms with E-state index in [2.05, 4.69) is 0 Å². The number of anilines is 2. The van der Waals surface area contributed by atoms with Crippen molar-refractivity contribution in [3.63, 3.8) is 0 Å². The normalized spacial score (nSPS) is 10.6. The summed E-state index contributed by atoms with van der Waals surface area (Å²) >= 11 is 0. The van der Waals surface area contributed by atoms with Crippen molar-refractivity contribution in [3.8, 4) is 16.9 Å². The molecule has 0 aromatic heterocycles. The number of nitrogen functional groups attached to an aromatic ring is 2. The SMILES string of the molecule is Nc1cc(S(=O)(=O)O)cc([N+](=O)[O-])c1O.Nc1cccc(-c2cccc([N+](=O)[O-])c2)c1. The Morgan fingerprint density at radius 2 is 1.42 bits per heavy atom. The van der Waals surface area contributed by atoms with E-state index in [0.717, 1.165) is 17.2 Å². The number of aromatic hydroxyl groups is 1. The van der Waals surface area contributed by atoms with Gasteiger partial charge in [0.15, 0.2) is 0 Å². The summed E-state index contributed by atoms with van der Waals surface area (Å²) in [5.41, 5.74) is 11.8. The van der Waals surface area contributed by atoms with E-state index in [1.165, 1.54) is 12.1 Å². The van der Waals surface area contributed by atoms with Crippen LogP contribution in [0.15, 0.2) is 65.6 Å². The van der Waals surface area contributed by atoms with Gasteiger partial charge in [0.2, 0.25) is 5.75 Å². The van der Waals surface area contributed by atoms with Crippen molar-refractivity contribution >= 4 is 32.9 Å². The average Bonchev–Trinajstić information content (AvgIpc) is 2.69. The molecule has 0 heterocycles. The highest BCUT2D eigenvalue weighted by Gasteiger charge is 2.22. The van der Waals surface area contributed by atoms with Gasteiger partial charge in [0, 0.05) is 23.9 Å². The predicted octanol–water partition coefficient (Wildman–Crippen LogP) is 2.97. The van der Waals surface area contributed by atoms with Crippen LogP contribution in [0.4, 0.5) is 22.7 Å². The maximum Gasteiger partial charge on any atom is 0.314 e. The summed E-state index contributed by atoms with van der Waals surface area (Å²) in [5, 5.41) is 30.1. The third kappa shape index (κ3) is 5.88. The molecule has 31 heavy (non-hydrogen) atoms. The maximum atomic E-state index is 10.7. The first-order valence-electron chi connectivity index (χ1n) is 8.25. The summed E-state index contributed by atoms with van der Waals surface area (Å²) in [6.45, 7) is 0. The third-order valence-corrected chi connectivity index (χ3v) is 4.70. The fourth-order valence-electron chi connectivity index (χ4n) is 2.42. The van der Waals surface area contributed by atoms with E-state index >= 15 is 0 Å². The molecule has 0 saturated carbocycles. The minimum atomic E-state index is -4.59. The number of rotatable bonds is 4. The molecule has 0 aliphatic carbocycles. The average molecular weight is 448 g/mol. The van der Waals surface area contributed by atoms with Crippen molar-refractivity contribution in [3.05, 3.63) is 80.9 Å². The number of nitro benzene ring substituents is 2. The molecule has 0 unspecified atom stereocenters. The number of nitrogens with two attached hydrogens (primary N) is 2. The van der Waals surface area contributed by atoms with Crippen molar-refractivity contribution in [1.82, 2.24) is 0 Å². The Morgan fingerprint density at radius 1 is 0.839 bits per heavy atom. The van der Waals surface area contributed by atoms with Gasteiger partial charge in [0.05, 0.1) is 15.5 Å². The van der Waals surface area contributed by atoms with E-state index in [9.17, 15) is 28.6 Å². The van der Waals surface area contributed by atoms with Crippen LogP contribution in [-0.4, -0.2) is 27.9 Å².